The van der Waals surface area contributed by atoms with E-state index in [4.69, 9.17) is 5.11 Å². The van der Waals surface area contributed by atoms with Crippen molar-refractivity contribution in [3.8, 4) is 0 Å². The van der Waals surface area contributed by atoms with Crippen molar-refractivity contribution in [3.63, 3.8) is 0 Å². The number of rotatable bonds is 5. The number of aromatic carboxylic acids is 1. The van der Waals surface area contributed by atoms with Crippen LogP contribution in [0.15, 0.2) is 24.3 Å². The number of hydrogen-bond acceptors (Lipinski definition) is 3. The molecule has 4 nitrogen and oxygen atoms in total. The second-order valence-electron chi connectivity index (χ2n) is 3.43. The summed E-state index contributed by atoms with van der Waals surface area (Å²) in [5, 5.41) is 8.67. The van der Waals surface area contributed by atoms with Gasteiger partial charge in [0.15, 0.2) is 0 Å². The zero-order valence-electron chi connectivity index (χ0n) is 8.80. The highest BCUT2D eigenvalue weighted by molar-refractivity contribution is 7.84. The van der Waals surface area contributed by atoms with Crippen molar-refractivity contribution < 1.29 is 18.9 Å². The minimum Gasteiger partial charge on any atom is -0.478 e. The molecule has 16 heavy (non-hydrogen) atoms. The zero-order valence-corrected chi connectivity index (χ0v) is 9.62. The van der Waals surface area contributed by atoms with Crippen LogP contribution in [-0.4, -0.2) is 26.8 Å². The number of carbonyl (C=O) groups is 2. The van der Waals surface area contributed by atoms with E-state index in [1.54, 1.807) is 12.1 Å². The summed E-state index contributed by atoms with van der Waals surface area (Å²) in [5.74, 6) is -0.780. The summed E-state index contributed by atoms with van der Waals surface area (Å²) in [6.07, 6.45) is 0. The third-order valence-electron chi connectivity index (χ3n) is 1.89. The molecule has 0 amide bonds. The van der Waals surface area contributed by atoms with Crippen LogP contribution in [0.1, 0.15) is 22.8 Å². The van der Waals surface area contributed by atoms with Crippen LogP contribution >= 0.6 is 0 Å². The SMILES string of the molecule is CC(=O)CS(=O)Cc1ccc(C(=O)O)cc1. The predicted octanol–water partition coefficient (Wildman–Crippen LogP) is 1.22. The summed E-state index contributed by atoms with van der Waals surface area (Å²) >= 11 is 0. The maximum atomic E-state index is 11.4. The molecule has 1 atom stereocenters. The van der Waals surface area contributed by atoms with Gasteiger partial charge >= 0.3 is 5.97 Å². The maximum absolute atomic E-state index is 11.4. The third-order valence-corrected chi connectivity index (χ3v) is 3.28. The molecule has 86 valence electrons. The molecule has 0 saturated heterocycles. The molecule has 0 radical (unpaired) electrons. The van der Waals surface area contributed by atoms with Crippen molar-refractivity contribution in [1.82, 2.24) is 0 Å². The van der Waals surface area contributed by atoms with Gasteiger partial charge in [0.25, 0.3) is 0 Å². The Bertz CT molecular complexity index is 422. The fraction of sp³-hybridized carbons (Fsp3) is 0.273. The molecule has 0 saturated carbocycles. The first-order valence-corrected chi connectivity index (χ1v) is 6.14. The quantitative estimate of drug-likeness (QED) is 0.840. The normalized spacial score (nSPS) is 12.1. The number of carboxylic acid groups (broad SMARTS) is 1. The zero-order chi connectivity index (χ0) is 12.1. The van der Waals surface area contributed by atoms with E-state index in [-0.39, 0.29) is 22.9 Å². The van der Waals surface area contributed by atoms with Crippen LogP contribution in [0.4, 0.5) is 0 Å². The minimum atomic E-state index is -1.22. The van der Waals surface area contributed by atoms with Crippen LogP contribution < -0.4 is 0 Å². The second kappa shape index (κ2) is 5.55. The Morgan fingerprint density at radius 1 is 1.25 bits per heavy atom. The van der Waals surface area contributed by atoms with Crippen LogP contribution in [0.25, 0.3) is 0 Å². The Balaban J connectivity index is 2.65. The maximum Gasteiger partial charge on any atom is 0.335 e. The van der Waals surface area contributed by atoms with Gasteiger partial charge in [0.05, 0.1) is 11.3 Å². The Labute approximate surface area is 95.7 Å². The Morgan fingerprint density at radius 3 is 2.25 bits per heavy atom. The molecule has 1 unspecified atom stereocenters. The standard InChI is InChI=1S/C11H12O4S/c1-8(12)6-16(15)7-9-2-4-10(5-3-9)11(13)14/h2-5H,6-7H2,1H3,(H,13,14). The van der Waals surface area contributed by atoms with E-state index in [0.717, 1.165) is 5.56 Å². The first-order valence-electron chi connectivity index (χ1n) is 4.65. The van der Waals surface area contributed by atoms with Crippen LogP contribution in [0.5, 0.6) is 0 Å². The van der Waals surface area contributed by atoms with Gasteiger partial charge in [-0.05, 0) is 24.6 Å². The molecule has 1 aromatic carbocycles. The topological polar surface area (TPSA) is 71.4 Å². The molecule has 1 aromatic rings. The van der Waals surface area contributed by atoms with Crippen LogP contribution in [0.3, 0.4) is 0 Å². The van der Waals surface area contributed by atoms with E-state index < -0.39 is 16.8 Å². The van der Waals surface area contributed by atoms with Gasteiger partial charge in [-0.2, -0.15) is 0 Å². The van der Waals surface area contributed by atoms with Crippen molar-refractivity contribution in [2.45, 2.75) is 12.7 Å². The Kier molecular flexibility index (Phi) is 4.37. The fourth-order valence-corrected chi connectivity index (χ4v) is 2.33. The molecule has 0 bridgehead atoms. The first kappa shape index (κ1) is 12.6. The molecule has 0 aliphatic rings. The third kappa shape index (κ3) is 3.94. The largest absolute Gasteiger partial charge is 0.478 e. The van der Waals surface area contributed by atoms with Gasteiger partial charge in [0, 0.05) is 16.6 Å². The lowest BCUT2D eigenvalue weighted by molar-refractivity contribution is -0.114. The van der Waals surface area contributed by atoms with Gasteiger partial charge in [-0.3, -0.25) is 9.00 Å². The highest BCUT2D eigenvalue weighted by atomic mass is 32.2. The van der Waals surface area contributed by atoms with Gasteiger partial charge in [-0.25, -0.2) is 4.79 Å². The monoisotopic (exact) mass is 240 g/mol. The molecule has 0 aromatic heterocycles. The van der Waals surface area contributed by atoms with Crippen LogP contribution in [0, 0.1) is 0 Å². The van der Waals surface area contributed by atoms with Gasteiger partial charge in [0.2, 0.25) is 0 Å². The van der Waals surface area contributed by atoms with Gasteiger partial charge in [-0.15, -0.1) is 0 Å². The van der Waals surface area contributed by atoms with E-state index in [1.165, 1.54) is 19.1 Å². The number of carboxylic acids is 1. The fourth-order valence-electron chi connectivity index (χ4n) is 1.21. The summed E-state index contributed by atoms with van der Waals surface area (Å²) in [5.41, 5.74) is 0.964. The van der Waals surface area contributed by atoms with E-state index in [9.17, 15) is 13.8 Å². The number of benzene rings is 1. The molecular formula is C11H12O4S. The van der Waals surface area contributed by atoms with Crippen LogP contribution in [0.2, 0.25) is 0 Å². The summed E-state index contributed by atoms with van der Waals surface area (Å²) in [7, 11) is -1.22. The second-order valence-corrected chi connectivity index (χ2v) is 4.89. The Hall–Kier alpha value is -1.49. The van der Waals surface area contributed by atoms with Gasteiger partial charge in [0.1, 0.15) is 5.78 Å². The molecular weight excluding hydrogens is 228 g/mol. The molecule has 0 aliphatic heterocycles. The molecule has 0 heterocycles. The number of ketones is 1. The summed E-state index contributed by atoms with van der Waals surface area (Å²) in [6, 6.07) is 6.15. The summed E-state index contributed by atoms with van der Waals surface area (Å²) in [6.45, 7) is 1.39. The molecule has 0 fully saturated rings. The number of Topliss-reactive ketones (excluding diaryl/α,β-unsaturated/α-hetero) is 1. The van der Waals surface area contributed by atoms with Crippen molar-refractivity contribution in [2.24, 2.45) is 0 Å². The van der Waals surface area contributed by atoms with E-state index in [1.807, 2.05) is 0 Å². The first-order chi connectivity index (χ1) is 7.49. The van der Waals surface area contributed by atoms with Gasteiger partial charge < -0.3 is 5.11 Å². The molecule has 1 N–H and O–H groups in total. The number of carbonyl (C=O) groups excluding carboxylic acids is 1. The van der Waals surface area contributed by atoms with Crippen molar-refractivity contribution in [1.29, 1.82) is 0 Å². The smallest absolute Gasteiger partial charge is 0.335 e. The summed E-state index contributed by atoms with van der Waals surface area (Å²) in [4.78, 5) is 21.3. The molecule has 0 aliphatic carbocycles. The molecule has 5 heteroatoms. The van der Waals surface area contributed by atoms with E-state index >= 15 is 0 Å². The number of hydrogen-bond donors (Lipinski definition) is 1. The highest BCUT2D eigenvalue weighted by Crippen LogP contribution is 2.07. The predicted molar refractivity (Wildman–Crippen MR) is 60.8 cm³/mol. The van der Waals surface area contributed by atoms with Crippen molar-refractivity contribution >= 4 is 22.6 Å². The lowest BCUT2D eigenvalue weighted by atomic mass is 10.1. The lowest BCUT2D eigenvalue weighted by Gasteiger charge is -2.01. The van der Waals surface area contributed by atoms with E-state index in [2.05, 4.69) is 0 Å². The van der Waals surface area contributed by atoms with E-state index in [0.29, 0.717) is 0 Å². The minimum absolute atomic E-state index is 0.0423. The molecule has 0 spiro atoms. The average Bonchev–Trinajstić information content (AvgIpc) is 2.16. The summed E-state index contributed by atoms with van der Waals surface area (Å²) < 4.78 is 11.4. The van der Waals surface area contributed by atoms with Crippen molar-refractivity contribution in [2.75, 3.05) is 5.75 Å². The average molecular weight is 240 g/mol. The van der Waals surface area contributed by atoms with Crippen molar-refractivity contribution in [3.05, 3.63) is 35.4 Å². The van der Waals surface area contributed by atoms with Gasteiger partial charge in [-0.1, -0.05) is 12.1 Å². The molecule has 1 rings (SSSR count). The highest BCUT2D eigenvalue weighted by Gasteiger charge is 2.06. The lowest BCUT2D eigenvalue weighted by Crippen LogP contribution is -2.08. The van der Waals surface area contributed by atoms with Crippen LogP contribution in [-0.2, 0) is 21.3 Å². The Morgan fingerprint density at radius 2 is 1.81 bits per heavy atom.